The predicted octanol–water partition coefficient (Wildman–Crippen LogP) is 4.53. The molecule has 24 heavy (non-hydrogen) atoms. The molecule has 0 radical (unpaired) electrons. The molecule has 1 aliphatic heterocycles. The van der Waals surface area contributed by atoms with Crippen LogP contribution < -0.4 is 15.0 Å². The van der Waals surface area contributed by atoms with E-state index in [0.717, 1.165) is 22.0 Å². The van der Waals surface area contributed by atoms with E-state index in [2.05, 4.69) is 5.32 Å². The number of fused-ring (bicyclic) bond motifs is 1. The van der Waals surface area contributed by atoms with Gasteiger partial charge in [0, 0.05) is 16.6 Å². The predicted molar refractivity (Wildman–Crippen MR) is 96.9 cm³/mol. The molecule has 4 rings (SSSR count). The van der Waals surface area contributed by atoms with Gasteiger partial charge in [0.1, 0.15) is 11.9 Å². The van der Waals surface area contributed by atoms with Gasteiger partial charge in [0.05, 0.1) is 18.4 Å². The Bertz CT molecular complexity index is 877. The fraction of sp³-hybridized carbons (Fsp3) is 0.105. The molecule has 4 nitrogen and oxygen atoms in total. The molecule has 2 heterocycles. The number of methoxy groups -OCH3 is 1. The molecule has 2 aromatic carbocycles. The molecule has 1 amide bonds. The maximum Gasteiger partial charge on any atom is 0.262 e. The largest absolute Gasteiger partial charge is 0.497 e. The van der Waals surface area contributed by atoms with Gasteiger partial charge in [-0.2, -0.15) is 0 Å². The second kappa shape index (κ2) is 6.02. The van der Waals surface area contributed by atoms with Crippen molar-refractivity contribution < 1.29 is 9.53 Å². The van der Waals surface area contributed by atoms with Gasteiger partial charge in [-0.25, -0.2) is 0 Å². The second-order valence-electron chi connectivity index (χ2n) is 5.48. The number of amides is 1. The van der Waals surface area contributed by atoms with Crippen molar-refractivity contribution in [2.45, 2.75) is 6.17 Å². The fourth-order valence-corrected chi connectivity index (χ4v) is 3.69. The van der Waals surface area contributed by atoms with Gasteiger partial charge in [-0.1, -0.05) is 24.3 Å². The maximum absolute atomic E-state index is 13.2. The molecule has 5 heteroatoms. The first-order valence-electron chi connectivity index (χ1n) is 7.64. The molecule has 3 aromatic rings. The van der Waals surface area contributed by atoms with Crippen LogP contribution in [0, 0.1) is 0 Å². The Morgan fingerprint density at radius 2 is 1.96 bits per heavy atom. The summed E-state index contributed by atoms with van der Waals surface area (Å²) in [5.41, 5.74) is 2.34. The Morgan fingerprint density at radius 1 is 1.08 bits per heavy atom. The summed E-state index contributed by atoms with van der Waals surface area (Å²) >= 11 is 1.63. The number of carbonyl (C=O) groups is 1. The van der Waals surface area contributed by atoms with E-state index in [-0.39, 0.29) is 12.1 Å². The number of thiophene rings is 1. The minimum Gasteiger partial charge on any atom is -0.497 e. The molecular formula is C19H16N2O2S. The maximum atomic E-state index is 13.2. The first-order valence-corrected chi connectivity index (χ1v) is 8.52. The zero-order chi connectivity index (χ0) is 16.5. The first kappa shape index (κ1) is 14.8. The molecule has 0 aliphatic carbocycles. The monoisotopic (exact) mass is 336 g/mol. The van der Waals surface area contributed by atoms with E-state index in [9.17, 15) is 4.79 Å². The number of rotatable bonds is 3. The molecule has 0 saturated carbocycles. The third-order valence-electron chi connectivity index (χ3n) is 4.07. The van der Waals surface area contributed by atoms with E-state index in [4.69, 9.17) is 4.74 Å². The Labute approximate surface area is 144 Å². The van der Waals surface area contributed by atoms with Crippen LogP contribution in [-0.4, -0.2) is 13.0 Å². The number of anilines is 2. The highest BCUT2D eigenvalue weighted by Gasteiger charge is 2.34. The van der Waals surface area contributed by atoms with Gasteiger partial charge in [-0.05, 0) is 35.7 Å². The number of hydrogen-bond donors (Lipinski definition) is 1. The Kier molecular flexibility index (Phi) is 3.70. The van der Waals surface area contributed by atoms with E-state index in [1.165, 1.54) is 0 Å². The highest BCUT2D eigenvalue weighted by molar-refractivity contribution is 7.10. The molecule has 0 unspecified atom stereocenters. The van der Waals surface area contributed by atoms with E-state index >= 15 is 0 Å². The highest BCUT2D eigenvalue weighted by atomic mass is 32.1. The van der Waals surface area contributed by atoms with Crippen molar-refractivity contribution in [2.75, 3.05) is 17.3 Å². The number of para-hydroxylation sites is 1. The summed E-state index contributed by atoms with van der Waals surface area (Å²) in [5, 5.41) is 5.51. The third kappa shape index (κ3) is 2.43. The van der Waals surface area contributed by atoms with Gasteiger partial charge in [-0.3, -0.25) is 9.69 Å². The minimum atomic E-state index is -0.237. The summed E-state index contributed by atoms with van der Waals surface area (Å²) in [7, 11) is 1.63. The van der Waals surface area contributed by atoms with Crippen molar-refractivity contribution in [1.82, 2.24) is 0 Å². The van der Waals surface area contributed by atoms with Crippen LogP contribution in [0.25, 0.3) is 0 Å². The molecule has 1 aliphatic rings. The summed E-state index contributed by atoms with van der Waals surface area (Å²) in [5.74, 6) is 0.708. The molecule has 0 saturated heterocycles. The molecule has 1 atom stereocenters. The highest BCUT2D eigenvalue weighted by Crippen LogP contribution is 2.38. The number of nitrogens with one attached hydrogen (secondary N) is 1. The van der Waals surface area contributed by atoms with Crippen molar-refractivity contribution in [3.8, 4) is 5.75 Å². The van der Waals surface area contributed by atoms with Crippen molar-refractivity contribution in [2.24, 2.45) is 0 Å². The van der Waals surface area contributed by atoms with Gasteiger partial charge in [0.2, 0.25) is 0 Å². The van der Waals surface area contributed by atoms with Crippen LogP contribution in [-0.2, 0) is 0 Å². The smallest absolute Gasteiger partial charge is 0.262 e. The molecule has 1 N–H and O–H groups in total. The lowest BCUT2D eigenvalue weighted by Gasteiger charge is -2.37. The molecule has 0 spiro atoms. The number of nitrogens with zero attached hydrogens (tertiary/aromatic N) is 1. The van der Waals surface area contributed by atoms with Crippen LogP contribution in [0.4, 0.5) is 11.4 Å². The lowest BCUT2D eigenvalue weighted by molar-refractivity contribution is 0.0975. The fourth-order valence-electron chi connectivity index (χ4n) is 2.93. The van der Waals surface area contributed by atoms with Gasteiger partial charge in [-0.15, -0.1) is 11.3 Å². The van der Waals surface area contributed by atoms with E-state index < -0.39 is 0 Å². The zero-order valence-corrected chi connectivity index (χ0v) is 13.9. The van der Waals surface area contributed by atoms with Crippen molar-refractivity contribution in [1.29, 1.82) is 0 Å². The van der Waals surface area contributed by atoms with Gasteiger partial charge >= 0.3 is 0 Å². The lowest BCUT2D eigenvalue weighted by atomic mass is 10.1. The normalized spacial score (nSPS) is 16.5. The molecule has 0 bridgehead atoms. The van der Waals surface area contributed by atoms with E-state index in [1.807, 2.05) is 66.0 Å². The molecular weight excluding hydrogens is 320 g/mol. The topological polar surface area (TPSA) is 41.6 Å². The quantitative estimate of drug-likeness (QED) is 0.764. The summed E-state index contributed by atoms with van der Waals surface area (Å²) in [6, 6.07) is 19.2. The Hall–Kier alpha value is -2.79. The Balaban J connectivity index is 1.85. The lowest BCUT2D eigenvalue weighted by Crippen LogP contribution is -2.42. The second-order valence-corrected chi connectivity index (χ2v) is 6.46. The standard InChI is InChI=1S/C19H16N2O2S/c1-23-14-7-4-6-13(12-14)21-18(17-10-5-11-24-17)20-16-9-3-2-8-15(16)19(21)22/h2-12,18,20H,1H3/t18-/m0/s1. The van der Waals surface area contributed by atoms with Crippen LogP contribution in [0.3, 0.4) is 0 Å². The molecule has 120 valence electrons. The number of carbonyl (C=O) groups excluding carboxylic acids is 1. The van der Waals surface area contributed by atoms with Crippen LogP contribution in [0.5, 0.6) is 5.75 Å². The van der Waals surface area contributed by atoms with Crippen LogP contribution >= 0.6 is 11.3 Å². The zero-order valence-electron chi connectivity index (χ0n) is 13.1. The molecule has 0 fully saturated rings. The van der Waals surface area contributed by atoms with Crippen molar-refractivity contribution in [3.63, 3.8) is 0 Å². The number of ether oxygens (including phenoxy) is 1. The average molecular weight is 336 g/mol. The van der Waals surface area contributed by atoms with Crippen LogP contribution in [0.15, 0.2) is 66.0 Å². The SMILES string of the molecule is COc1cccc(N2C(=O)c3ccccc3N[C@@H]2c2cccs2)c1. The van der Waals surface area contributed by atoms with Crippen LogP contribution in [0.1, 0.15) is 21.4 Å². The van der Waals surface area contributed by atoms with E-state index in [1.54, 1.807) is 23.3 Å². The van der Waals surface area contributed by atoms with Gasteiger partial charge in [0.25, 0.3) is 5.91 Å². The third-order valence-corrected chi connectivity index (χ3v) is 5.00. The summed E-state index contributed by atoms with van der Waals surface area (Å²) in [4.78, 5) is 16.0. The number of hydrogen-bond acceptors (Lipinski definition) is 4. The summed E-state index contributed by atoms with van der Waals surface area (Å²) < 4.78 is 5.32. The van der Waals surface area contributed by atoms with Crippen LogP contribution in [0.2, 0.25) is 0 Å². The Morgan fingerprint density at radius 3 is 2.75 bits per heavy atom. The minimum absolute atomic E-state index is 0.0176. The van der Waals surface area contributed by atoms with E-state index in [0.29, 0.717) is 5.56 Å². The molecule has 1 aromatic heterocycles. The average Bonchev–Trinajstić information content (AvgIpc) is 3.16. The summed E-state index contributed by atoms with van der Waals surface area (Å²) in [6.07, 6.45) is -0.237. The van der Waals surface area contributed by atoms with Gasteiger partial charge < -0.3 is 10.1 Å². The van der Waals surface area contributed by atoms with Gasteiger partial charge in [0.15, 0.2) is 0 Å². The first-order chi connectivity index (χ1) is 11.8. The van der Waals surface area contributed by atoms with Crippen molar-refractivity contribution in [3.05, 3.63) is 76.5 Å². The summed E-state index contributed by atoms with van der Waals surface area (Å²) in [6.45, 7) is 0. The van der Waals surface area contributed by atoms with Crippen molar-refractivity contribution >= 4 is 28.6 Å². The number of benzene rings is 2.